The molecule has 2 saturated carbocycles. The Kier molecular flexibility index (Phi) is 3.30. The van der Waals surface area contributed by atoms with Crippen LogP contribution in [-0.4, -0.2) is 18.8 Å². The minimum Gasteiger partial charge on any atom is -0.497 e. The van der Waals surface area contributed by atoms with E-state index in [0.717, 1.165) is 23.7 Å². The molecule has 2 aliphatic rings. The molecular weight excluding hydrogens is 250 g/mol. The first-order valence-corrected chi connectivity index (χ1v) is 7.60. The average molecular weight is 275 g/mol. The highest BCUT2D eigenvalue weighted by atomic mass is 16.5. The van der Waals surface area contributed by atoms with E-state index in [1.807, 2.05) is 31.2 Å². The standard InChI is InChI=1S/C17H25NO2/c1-16(19,13-5-7-15(20-2)8-6-13)17(11-18)10-12-3-4-14(17)9-12/h5-8,12,14,19H,3-4,9-11,18H2,1-2H3. The molecule has 2 fully saturated rings. The molecule has 0 aromatic heterocycles. The van der Waals surface area contributed by atoms with Gasteiger partial charge in [0.25, 0.3) is 0 Å². The summed E-state index contributed by atoms with van der Waals surface area (Å²) >= 11 is 0. The number of benzene rings is 1. The van der Waals surface area contributed by atoms with E-state index in [2.05, 4.69) is 0 Å². The molecule has 3 nitrogen and oxygen atoms in total. The molecule has 2 aliphatic carbocycles. The van der Waals surface area contributed by atoms with Gasteiger partial charge in [0.1, 0.15) is 5.75 Å². The van der Waals surface area contributed by atoms with Crippen LogP contribution < -0.4 is 10.5 Å². The molecule has 0 heterocycles. The zero-order valence-corrected chi connectivity index (χ0v) is 12.4. The van der Waals surface area contributed by atoms with Crippen molar-refractivity contribution in [3.05, 3.63) is 29.8 Å². The molecule has 4 unspecified atom stereocenters. The molecule has 3 N–H and O–H groups in total. The molecule has 0 amide bonds. The number of nitrogens with two attached hydrogens (primary N) is 1. The molecule has 4 atom stereocenters. The van der Waals surface area contributed by atoms with Crippen molar-refractivity contribution in [2.24, 2.45) is 23.0 Å². The van der Waals surface area contributed by atoms with Crippen molar-refractivity contribution in [1.29, 1.82) is 0 Å². The lowest BCUT2D eigenvalue weighted by atomic mass is 9.60. The minimum atomic E-state index is -0.867. The van der Waals surface area contributed by atoms with E-state index in [9.17, 15) is 5.11 Å². The maximum Gasteiger partial charge on any atom is 0.118 e. The number of hydrogen-bond donors (Lipinski definition) is 2. The van der Waals surface area contributed by atoms with Crippen molar-refractivity contribution in [3.63, 3.8) is 0 Å². The van der Waals surface area contributed by atoms with Crippen LogP contribution in [-0.2, 0) is 5.60 Å². The van der Waals surface area contributed by atoms with Crippen LogP contribution in [0.2, 0.25) is 0 Å². The summed E-state index contributed by atoms with van der Waals surface area (Å²) in [5, 5.41) is 11.3. The largest absolute Gasteiger partial charge is 0.497 e. The normalized spacial score (nSPS) is 35.0. The Hall–Kier alpha value is -1.06. The fourth-order valence-electron chi connectivity index (χ4n) is 4.69. The topological polar surface area (TPSA) is 55.5 Å². The zero-order valence-electron chi connectivity index (χ0n) is 12.4. The number of methoxy groups -OCH3 is 1. The quantitative estimate of drug-likeness (QED) is 0.888. The van der Waals surface area contributed by atoms with Gasteiger partial charge < -0.3 is 15.6 Å². The van der Waals surface area contributed by atoms with Gasteiger partial charge >= 0.3 is 0 Å². The van der Waals surface area contributed by atoms with Crippen LogP contribution in [0.25, 0.3) is 0 Å². The maximum atomic E-state index is 11.3. The van der Waals surface area contributed by atoms with Crippen molar-refractivity contribution in [2.75, 3.05) is 13.7 Å². The average Bonchev–Trinajstić information content (AvgIpc) is 3.08. The number of fused-ring (bicyclic) bond motifs is 2. The molecule has 0 aliphatic heterocycles. The summed E-state index contributed by atoms with van der Waals surface area (Å²) in [4.78, 5) is 0. The van der Waals surface area contributed by atoms with Gasteiger partial charge in [-0.25, -0.2) is 0 Å². The number of hydrogen-bond acceptors (Lipinski definition) is 3. The highest BCUT2D eigenvalue weighted by Crippen LogP contribution is 2.62. The van der Waals surface area contributed by atoms with Gasteiger partial charge in [0.15, 0.2) is 0 Å². The van der Waals surface area contributed by atoms with Gasteiger partial charge in [-0.15, -0.1) is 0 Å². The summed E-state index contributed by atoms with van der Waals surface area (Å²) in [5.41, 5.74) is 6.08. The van der Waals surface area contributed by atoms with Crippen LogP contribution in [0.5, 0.6) is 5.75 Å². The second-order valence-electron chi connectivity index (χ2n) is 6.74. The van der Waals surface area contributed by atoms with Crippen LogP contribution in [0.15, 0.2) is 24.3 Å². The predicted molar refractivity (Wildman–Crippen MR) is 79.5 cm³/mol. The third-order valence-corrected chi connectivity index (χ3v) is 5.96. The Bertz CT molecular complexity index is 482. The molecule has 3 heteroatoms. The lowest BCUT2D eigenvalue weighted by molar-refractivity contribution is -0.103. The summed E-state index contributed by atoms with van der Waals surface area (Å²) < 4.78 is 5.20. The molecule has 1 aromatic rings. The van der Waals surface area contributed by atoms with E-state index in [0.29, 0.717) is 12.5 Å². The minimum absolute atomic E-state index is 0.162. The van der Waals surface area contributed by atoms with Crippen molar-refractivity contribution >= 4 is 0 Å². The highest BCUT2D eigenvalue weighted by molar-refractivity contribution is 5.33. The van der Waals surface area contributed by atoms with Gasteiger partial charge in [0, 0.05) is 12.0 Å². The lowest BCUT2D eigenvalue weighted by Gasteiger charge is -2.48. The first kappa shape index (κ1) is 13.9. The van der Waals surface area contributed by atoms with E-state index in [1.165, 1.54) is 19.3 Å². The molecular formula is C17H25NO2. The van der Waals surface area contributed by atoms with Gasteiger partial charge in [-0.2, -0.15) is 0 Å². The Morgan fingerprint density at radius 1 is 1.35 bits per heavy atom. The Morgan fingerprint density at radius 3 is 2.50 bits per heavy atom. The van der Waals surface area contributed by atoms with Crippen LogP contribution in [0.4, 0.5) is 0 Å². The third kappa shape index (κ3) is 1.80. The predicted octanol–water partition coefficient (Wildman–Crippen LogP) is 2.67. The van der Waals surface area contributed by atoms with Gasteiger partial charge in [-0.05, 0) is 55.7 Å². The summed E-state index contributed by atoms with van der Waals surface area (Å²) in [6.45, 7) is 2.51. The highest BCUT2D eigenvalue weighted by Gasteiger charge is 2.59. The van der Waals surface area contributed by atoms with Crippen LogP contribution in [0.3, 0.4) is 0 Å². The van der Waals surface area contributed by atoms with Gasteiger partial charge in [0.2, 0.25) is 0 Å². The Labute approximate surface area is 121 Å². The second-order valence-corrected chi connectivity index (χ2v) is 6.74. The lowest BCUT2D eigenvalue weighted by Crippen LogP contribution is -2.51. The first-order valence-electron chi connectivity index (χ1n) is 7.60. The van der Waals surface area contributed by atoms with Gasteiger partial charge in [0.05, 0.1) is 12.7 Å². The fourth-order valence-corrected chi connectivity index (χ4v) is 4.69. The summed E-state index contributed by atoms with van der Waals surface area (Å²) in [5.74, 6) is 2.14. The molecule has 0 radical (unpaired) electrons. The number of rotatable bonds is 4. The van der Waals surface area contributed by atoms with Crippen molar-refractivity contribution in [2.45, 2.75) is 38.2 Å². The number of ether oxygens (including phenoxy) is 1. The molecule has 0 saturated heterocycles. The van der Waals surface area contributed by atoms with Crippen LogP contribution in [0, 0.1) is 17.3 Å². The van der Waals surface area contributed by atoms with Crippen LogP contribution in [0.1, 0.15) is 38.2 Å². The van der Waals surface area contributed by atoms with Gasteiger partial charge in [-0.1, -0.05) is 18.6 Å². The van der Waals surface area contributed by atoms with E-state index < -0.39 is 5.60 Å². The van der Waals surface area contributed by atoms with Crippen molar-refractivity contribution < 1.29 is 9.84 Å². The maximum absolute atomic E-state index is 11.3. The monoisotopic (exact) mass is 275 g/mol. The SMILES string of the molecule is COc1ccc(C(C)(O)C2(CN)CC3CCC2C3)cc1. The van der Waals surface area contributed by atoms with Crippen molar-refractivity contribution in [3.8, 4) is 5.75 Å². The van der Waals surface area contributed by atoms with Crippen molar-refractivity contribution in [1.82, 2.24) is 0 Å². The van der Waals surface area contributed by atoms with E-state index in [4.69, 9.17) is 10.5 Å². The smallest absolute Gasteiger partial charge is 0.118 e. The zero-order chi connectivity index (χ0) is 14.4. The fraction of sp³-hybridized carbons (Fsp3) is 0.647. The molecule has 2 bridgehead atoms. The summed E-state index contributed by atoms with van der Waals surface area (Å²) in [7, 11) is 1.66. The summed E-state index contributed by atoms with van der Waals surface area (Å²) in [6, 6.07) is 7.78. The summed E-state index contributed by atoms with van der Waals surface area (Å²) in [6.07, 6.45) is 4.83. The first-order chi connectivity index (χ1) is 9.53. The molecule has 110 valence electrons. The molecule has 3 rings (SSSR count). The Balaban J connectivity index is 1.96. The molecule has 20 heavy (non-hydrogen) atoms. The van der Waals surface area contributed by atoms with E-state index in [-0.39, 0.29) is 5.41 Å². The third-order valence-electron chi connectivity index (χ3n) is 5.96. The molecule has 1 aromatic carbocycles. The number of aliphatic hydroxyl groups is 1. The second kappa shape index (κ2) is 4.74. The molecule has 0 spiro atoms. The Morgan fingerprint density at radius 2 is 2.05 bits per heavy atom. The van der Waals surface area contributed by atoms with E-state index in [1.54, 1.807) is 7.11 Å². The van der Waals surface area contributed by atoms with Gasteiger partial charge in [-0.3, -0.25) is 0 Å². The van der Waals surface area contributed by atoms with E-state index >= 15 is 0 Å². The van der Waals surface area contributed by atoms with Crippen LogP contribution >= 0.6 is 0 Å².